The van der Waals surface area contributed by atoms with Crippen molar-refractivity contribution in [1.82, 2.24) is 10.0 Å². The van der Waals surface area contributed by atoms with Gasteiger partial charge in [0.25, 0.3) is 11.8 Å². The van der Waals surface area contributed by atoms with E-state index in [1.54, 1.807) is 4.72 Å². The van der Waals surface area contributed by atoms with Gasteiger partial charge in [0.1, 0.15) is 17.7 Å². The standard InChI is InChI=1S/C18H16F5N3O4S/c1-2-17(7-13(25-30-17)9-3-10(19)5-11(20)4-9)16(28)24-12-6-14(29-8-12)15(27)26-31-18(21,22)23/h2-5,12,14H,1,6-8H2,(H,24,28)(H,26,27)/t12-,14-,17-/m1/s1. The lowest BCUT2D eigenvalue weighted by molar-refractivity contribution is -0.139. The third-order valence-electron chi connectivity index (χ3n) is 4.55. The fraction of sp³-hybridized carbons (Fsp3) is 0.389. The molecule has 2 N–H and O–H groups in total. The Labute approximate surface area is 177 Å². The van der Waals surface area contributed by atoms with Crippen LogP contribution < -0.4 is 10.0 Å². The van der Waals surface area contributed by atoms with Gasteiger partial charge in [-0.1, -0.05) is 11.7 Å². The number of hydrogen-bond acceptors (Lipinski definition) is 6. The molecule has 0 unspecified atom stereocenters. The smallest absolute Gasteiger partial charge is 0.374 e. The number of amides is 2. The van der Waals surface area contributed by atoms with Gasteiger partial charge in [-0.05, 0) is 18.2 Å². The third kappa shape index (κ3) is 5.53. The van der Waals surface area contributed by atoms with Gasteiger partial charge in [-0.3, -0.25) is 14.3 Å². The number of alkyl halides is 3. The van der Waals surface area contributed by atoms with Crippen molar-refractivity contribution in [1.29, 1.82) is 0 Å². The van der Waals surface area contributed by atoms with Crippen LogP contribution in [-0.4, -0.2) is 47.4 Å². The molecule has 1 saturated heterocycles. The maximum absolute atomic E-state index is 13.5. The quantitative estimate of drug-likeness (QED) is 0.383. The van der Waals surface area contributed by atoms with Crippen LogP contribution in [0.4, 0.5) is 22.0 Å². The summed E-state index contributed by atoms with van der Waals surface area (Å²) in [4.78, 5) is 29.7. The van der Waals surface area contributed by atoms with Crippen LogP contribution in [0, 0.1) is 11.6 Å². The number of carbonyl (C=O) groups is 2. The van der Waals surface area contributed by atoms with Crippen molar-refractivity contribution in [3.8, 4) is 0 Å². The van der Waals surface area contributed by atoms with E-state index in [9.17, 15) is 31.5 Å². The Morgan fingerprint density at radius 3 is 2.55 bits per heavy atom. The van der Waals surface area contributed by atoms with Gasteiger partial charge in [0.05, 0.1) is 30.3 Å². The molecule has 2 aliphatic rings. The second-order valence-corrected chi connectivity index (χ2v) is 7.67. The summed E-state index contributed by atoms with van der Waals surface area (Å²) >= 11 is -0.702. The van der Waals surface area contributed by atoms with Crippen LogP contribution in [0.5, 0.6) is 0 Å². The number of hydrogen-bond donors (Lipinski definition) is 2. The molecule has 0 aromatic heterocycles. The average molecular weight is 465 g/mol. The van der Waals surface area contributed by atoms with Gasteiger partial charge in [-0.15, -0.1) is 0 Å². The molecule has 7 nitrogen and oxygen atoms in total. The fourth-order valence-electron chi connectivity index (χ4n) is 3.04. The molecule has 2 heterocycles. The summed E-state index contributed by atoms with van der Waals surface area (Å²) in [5.74, 6) is -3.32. The molecule has 1 aromatic carbocycles. The van der Waals surface area contributed by atoms with Gasteiger partial charge in [0, 0.05) is 24.5 Å². The van der Waals surface area contributed by atoms with Crippen LogP contribution in [0.25, 0.3) is 0 Å². The maximum Gasteiger partial charge on any atom is 0.461 e. The molecule has 13 heteroatoms. The summed E-state index contributed by atoms with van der Waals surface area (Å²) in [6, 6.07) is 2.08. The van der Waals surface area contributed by atoms with Crippen molar-refractivity contribution in [2.75, 3.05) is 6.61 Å². The lowest BCUT2D eigenvalue weighted by atomic mass is 9.92. The first-order valence-electron chi connectivity index (χ1n) is 8.83. The van der Waals surface area contributed by atoms with Crippen molar-refractivity contribution >= 4 is 29.5 Å². The Bertz CT molecular complexity index is 906. The Kier molecular flexibility index (Phi) is 6.55. The molecule has 1 aromatic rings. The lowest BCUT2D eigenvalue weighted by Gasteiger charge is -2.23. The molecular weight excluding hydrogens is 449 g/mol. The molecule has 3 atom stereocenters. The zero-order valence-corrected chi connectivity index (χ0v) is 16.5. The van der Waals surface area contributed by atoms with Crippen LogP contribution in [0.1, 0.15) is 18.4 Å². The molecule has 1 fully saturated rings. The molecule has 2 aliphatic heterocycles. The van der Waals surface area contributed by atoms with E-state index in [0.29, 0.717) is 6.07 Å². The normalized spacial score (nSPS) is 25.5. The minimum absolute atomic E-state index is 0.0635. The Hall–Kier alpha value is -2.67. The van der Waals surface area contributed by atoms with Crippen LogP contribution in [-0.2, 0) is 19.2 Å². The van der Waals surface area contributed by atoms with Crippen LogP contribution in [0.15, 0.2) is 36.0 Å². The minimum Gasteiger partial charge on any atom is -0.374 e. The van der Waals surface area contributed by atoms with E-state index >= 15 is 0 Å². The number of rotatable bonds is 6. The number of halogens is 5. The van der Waals surface area contributed by atoms with Crippen molar-refractivity contribution in [2.45, 2.75) is 36.1 Å². The molecule has 0 radical (unpaired) electrons. The van der Waals surface area contributed by atoms with Crippen LogP contribution >= 0.6 is 11.9 Å². The monoisotopic (exact) mass is 465 g/mol. The number of nitrogens with zero attached hydrogens (tertiary/aromatic N) is 1. The third-order valence-corrected chi connectivity index (χ3v) is 5.09. The van der Waals surface area contributed by atoms with Gasteiger partial charge in [0.15, 0.2) is 0 Å². The molecule has 3 rings (SSSR count). The van der Waals surface area contributed by atoms with E-state index in [4.69, 9.17) is 9.57 Å². The first kappa shape index (κ1) is 23.0. The topological polar surface area (TPSA) is 89.0 Å². The molecule has 31 heavy (non-hydrogen) atoms. The minimum atomic E-state index is -4.64. The molecule has 0 bridgehead atoms. The Balaban J connectivity index is 1.59. The Morgan fingerprint density at radius 1 is 1.26 bits per heavy atom. The van der Waals surface area contributed by atoms with E-state index in [2.05, 4.69) is 17.1 Å². The zero-order valence-electron chi connectivity index (χ0n) is 15.7. The largest absolute Gasteiger partial charge is 0.461 e. The zero-order chi connectivity index (χ0) is 22.8. The molecule has 0 aliphatic carbocycles. The van der Waals surface area contributed by atoms with Crippen LogP contribution in [0.2, 0.25) is 0 Å². The maximum atomic E-state index is 13.5. The highest BCUT2D eigenvalue weighted by Crippen LogP contribution is 2.30. The summed E-state index contributed by atoms with van der Waals surface area (Å²) in [5.41, 5.74) is -6.08. The first-order chi connectivity index (χ1) is 14.5. The van der Waals surface area contributed by atoms with Gasteiger partial charge < -0.3 is 14.9 Å². The predicted molar refractivity (Wildman–Crippen MR) is 99.6 cm³/mol. The number of benzene rings is 1. The highest BCUT2D eigenvalue weighted by Gasteiger charge is 2.46. The molecule has 168 valence electrons. The predicted octanol–water partition coefficient (Wildman–Crippen LogP) is 2.57. The number of nitrogens with one attached hydrogen (secondary N) is 2. The first-order valence-corrected chi connectivity index (χ1v) is 9.65. The average Bonchev–Trinajstić information content (AvgIpc) is 3.32. The summed E-state index contributed by atoms with van der Waals surface area (Å²) in [5, 5.41) is 6.32. The Morgan fingerprint density at radius 2 is 1.94 bits per heavy atom. The molecular formula is C18H16F5N3O4S. The second kappa shape index (κ2) is 8.83. The van der Waals surface area contributed by atoms with Gasteiger partial charge >= 0.3 is 5.51 Å². The SMILES string of the molecule is C=C[C@]1(C(=O)N[C@H]2CO[C@@H](C(=O)NSC(F)(F)F)C2)CC(c2cc(F)cc(F)c2)=NO1. The van der Waals surface area contributed by atoms with Crippen molar-refractivity contribution in [3.63, 3.8) is 0 Å². The summed E-state index contributed by atoms with van der Waals surface area (Å²) in [6.45, 7) is 3.44. The van der Waals surface area contributed by atoms with Gasteiger partial charge in [0.2, 0.25) is 5.60 Å². The van der Waals surface area contributed by atoms with Crippen molar-refractivity contribution in [3.05, 3.63) is 48.1 Å². The number of oxime groups is 1. The second-order valence-electron chi connectivity index (χ2n) is 6.80. The highest BCUT2D eigenvalue weighted by molar-refractivity contribution is 7.98. The number of ether oxygens (including phenoxy) is 1. The van der Waals surface area contributed by atoms with Crippen LogP contribution in [0.3, 0.4) is 0 Å². The van der Waals surface area contributed by atoms with E-state index < -0.39 is 58.7 Å². The summed E-state index contributed by atoms with van der Waals surface area (Å²) < 4.78 is 70.3. The van der Waals surface area contributed by atoms with E-state index in [0.717, 1.165) is 12.1 Å². The van der Waals surface area contributed by atoms with Gasteiger partial charge in [-0.25, -0.2) is 8.78 Å². The summed E-state index contributed by atoms with van der Waals surface area (Å²) in [7, 11) is 0. The van der Waals surface area contributed by atoms with Crippen molar-refractivity contribution in [2.24, 2.45) is 5.16 Å². The number of carbonyl (C=O) groups excluding carboxylic acids is 2. The van der Waals surface area contributed by atoms with E-state index in [1.807, 2.05) is 0 Å². The molecule has 0 spiro atoms. The van der Waals surface area contributed by atoms with Gasteiger partial charge in [-0.2, -0.15) is 13.2 Å². The van der Waals surface area contributed by atoms with E-state index in [1.165, 1.54) is 6.08 Å². The summed E-state index contributed by atoms with van der Waals surface area (Å²) in [6.07, 6.45) is -0.225. The lowest BCUT2D eigenvalue weighted by Crippen LogP contribution is -2.49. The molecule has 2 amide bonds. The fourth-order valence-corrected chi connectivity index (χ4v) is 3.39. The molecule has 0 saturated carbocycles. The van der Waals surface area contributed by atoms with Crippen molar-refractivity contribution < 1.29 is 41.1 Å². The highest BCUT2D eigenvalue weighted by atomic mass is 32.2. The van der Waals surface area contributed by atoms with E-state index in [-0.39, 0.29) is 30.7 Å².